The molecular formula is C38H36N4. The van der Waals surface area contributed by atoms with Gasteiger partial charge in [0.25, 0.3) is 0 Å². The Morgan fingerprint density at radius 3 is 1.79 bits per heavy atom. The molecule has 0 saturated heterocycles. The van der Waals surface area contributed by atoms with Gasteiger partial charge in [0.05, 0.1) is 11.4 Å². The summed E-state index contributed by atoms with van der Waals surface area (Å²) in [7, 11) is 0. The van der Waals surface area contributed by atoms with Gasteiger partial charge in [-0.3, -0.25) is 9.55 Å². The lowest BCUT2D eigenvalue weighted by Gasteiger charge is -2.26. The number of aromatic nitrogens is 3. The van der Waals surface area contributed by atoms with Crippen molar-refractivity contribution in [2.75, 3.05) is 4.90 Å². The second-order valence-electron chi connectivity index (χ2n) is 11.2. The highest BCUT2D eigenvalue weighted by molar-refractivity contribution is 5.81. The number of pyridine rings is 1. The van der Waals surface area contributed by atoms with E-state index < -0.39 is 0 Å². The van der Waals surface area contributed by atoms with Crippen LogP contribution in [0.5, 0.6) is 0 Å². The van der Waals surface area contributed by atoms with Crippen molar-refractivity contribution in [3.8, 4) is 28.3 Å². The van der Waals surface area contributed by atoms with Crippen LogP contribution >= 0.6 is 0 Å². The first-order valence-electron chi connectivity index (χ1n) is 14.6. The molecule has 4 heteroatoms. The fourth-order valence-electron chi connectivity index (χ4n) is 5.63. The third-order valence-electron chi connectivity index (χ3n) is 7.67. The Labute approximate surface area is 249 Å². The summed E-state index contributed by atoms with van der Waals surface area (Å²) in [5, 5.41) is 0. The number of para-hydroxylation sites is 2. The van der Waals surface area contributed by atoms with Gasteiger partial charge in [0, 0.05) is 46.8 Å². The highest BCUT2D eigenvalue weighted by Gasteiger charge is 2.20. The summed E-state index contributed by atoms with van der Waals surface area (Å²) in [6.45, 7) is 9.04. The van der Waals surface area contributed by atoms with Crippen LogP contribution in [0.25, 0.3) is 28.3 Å². The lowest BCUT2D eigenvalue weighted by molar-refractivity contribution is 0.807. The zero-order chi connectivity index (χ0) is 29.1. The number of imidazole rings is 1. The minimum atomic E-state index is 0.389. The molecule has 0 aliphatic rings. The summed E-state index contributed by atoms with van der Waals surface area (Å²) in [6, 6.07) is 40.5. The first-order chi connectivity index (χ1) is 20.5. The molecule has 0 amide bonds. The second-order valence-corrected chi connectivity index (χ2v) is 11.2. The molecule has 2 aromatic heterocycles. The average molecular weight is 549 g/mol. The van der Waals surface area contributed by atoms with E-state index in [0.29, 0.717) is 11.8 Å². The zero-order valence-corrected chi connectivity index (χ0v) is 24.6. The summed E-state index contributed by atoms with van der Waals surface area (Å²) in [5.41, 5.74) is 10.2. The van der Waals surface area contributed by atoms with Crippen LogP contribution in [-0.4, -0.2) is 14.5 Å². The van der Waals surface area contributed by atoms with Crippen LogP contribution < -0.4 is 4.90 Å². The molecule has 0 N–H and O–H groups in total. The molecule has 0 atom stereocenters. The molecule has 0 fully saturated rings. The number of hydrogen-bond donors (Lipinski definition) is 0. The first-order valence-corrected chi connectivity index (χ1v) is 14.6. The normalized spacial score (nSPS) is 11.3. The summed E-state index contributed by atoms with van der Waals surface area (Å²) in [5.74, 6) is 1.71. The zero-order valence-electron chi connectivity index (χ0n) is 24.6. The van der Waals surface area contributed by atoms with E-state index in [1.807, 2.05) is 30.6 Å². The van der Waals surface area contributed by atoms with E-state index in [4.69, 9.17) is 4.98 Å². The van der Waals surface area contributed by atoms with Gasteiger partial charge >= 0.3 is 0 Å². The van der Waals surface area contributed by atoms with E-state index in [9.17, 15) is 0 Å². The smallest absolute Gasteiger partial charge is 0.144 e. The van der Waals surface area contributed by atoms with Crippen molar-refractivity contribution < 1.29 is 0 Å². The molecule has 0 spiro atoms. The minimum absolute atomic E-state index is 0.389. The van der Waals surface area contributed by atoms with Crippen molar-refractivity contribution >= 4 is 17.1 Å². The largest absolute Gasteiger partial charge is 0.310 e. The van der Waals surface area contributed by atoms with Gasteiger partial charge in [0.2, 0.25) is 0 Å². The highest BCUT2D eigenvalue weighted by atomic mass is 15.1. The van der Waals surface area contributed by atoms with Gasteiger partial charge in [-0.1, -0.05) is 94.4 Å². The van der Waals surface area contributed by atoms with Crippen molar-refractivity contribution in [1.82, 2.24) is 14.5 Å². The lowest BCUT2D eigenvalue weighted by Crippen LogP contribution is -2.11. The molecule has 0 bridgehead atoms. The maximum absolute atomic E-state index is 4.90. The second kappa shape index (κ2) is 11.9. The van der Waals surface area contributed by atoms with Crippen molar-refractivity contribution in [2.45, 2.75) is 39.5 Å². The van der Waals surface area contributed by atoms with E-state index in [1.54, 1.807) is 0 Å². The fourth-order valence-corrected chi connectivity index (χ4v) is 5.63. The van der Waals surface area contributed by atoms with Crippen molar-refractivity contribution in [3.63, 3.8) is 0 Å². The molecule has 0 radical (unpaired) electrons. The van der Waals surface area contributed by atoms with Gasteiger partial charge in [0.15, 0.2) is 0 Å². The van der Waals surface area contributed by atoms with Crippen LogP contribution in [-0.2, 0) is 0 Å². The molecule has 208 valence electrons. The number of benzene rings is 4. The Balaban J connectivity index is 1.49. The first kappa shape index (κ1) is 27.2. The Morgan fingerprint density at radius 2 is 1.14 bits per heavy atom. The van der Waals surface area contributed by atoms with E-state index in [-0.39, 0.29) is 0 Å². The maximum Gasteiger partial charge on any atom is 0.144 e. The molecule has 0 aliphatic carbocycles. The Kier molecular flexibility index (Phi) is 7.70. The highest BCUT2D eigenvalue weighted by Crippen LogP contribution is 2.39. The number of rotatable bonds is 8. The van der Waals surface area contributed by atoms with Gasteiger partial charge in [-0.25, -0.2) is 4.98 Å². The monoisotopic (exact) mass is 548 g/mol. The molecular weight excluding hydrogens is 512 g/mol. The number of hydrogen-bond acceptors (Lipinski definition) is 3. The third kappa shape index (κ3) is 5.36. The molecule has 6 rings (SSSR count). The molecule has 6 aromatic rings. The van der Waals surface area contributed by atoms with Gasteiger partial charge in [0.1, 0.15) is 5.82 Å². The van der Waals surface area contributed by atoms with Crippen molar-refractivity contribution in [2.24, 2.45) is 0 Å². The van der Waals surface area contributed by atoms with Crippen molar-refractivity contribution in [1.29, 1.82) is 0 Å². The number of anilines is 3. The van der Waals surface area contributed by atoms with Gasteiger partial charge < -0.3 is 4.90 Å². The topological polar surface area (TPSA) is 34.0 Å². The Bertz CT molecular complexity index is 1760. The Morgan fingerprint density at radius 1 is 0.548 bits per heavy atom. The molecule has 0 unspecified atom stereocenters. The SMILES string of the molecule is CC(C)c1cccc(C(C)C)c1-n1ccnc1-c1cccc(N(c2ccccc2)c2cccc(-c3ccccn3)c2)c1. The van der Waals surface area contributed by atoms with Gasteiger partial charge in [-0.05, 0) is 71.5 Å². The van der Waals surface area contributed by atoms with Crippen molar-refractivity contribution in [3.05, 3.63) is 145 Å². The minimum Gasteiger partial charge on any atom is -0.310 e. The van der Waals surface area contributed by atoms with E-state index in [0.717, 1.165) is 39.7 Å². The average Bonchev–Trinajstić information content (AvgIpc) is 3.52. The van der Waals surface area contributed by atoms with Crippen LogP contribution in [0.1, 0.15) is 50.7 Å². The van der Waals surface area contributed by atoms with Crippen LogP contribution in [0.3, 0.4) is 0 Å². The van der Waals surface area contributed by atoms with Gasteiger partial charge in [-0.15, -0.1) is 0 Å². The molecule has 2 heterocycles. The molecule has 0 aliphatic heterocycles. The quantitative estimate of drug-likeness (QED) is 0.190. The van der Waals surface area contributed by atoms with E-state index >= 15 is 0 Å². The summed E-state index contributed by atoms with van der Waals surface area (Å²) in [6.07, 6.45) is 5.85. The van der Waals surface area contributed by atoms with Crippen LogP contribution in [0, 0.1) is 0 Å². The number of nitrogens with zero attached hydrogens (tertiary/aromatic N) is 4. The predicted molar refractivity (Wildman–Crippen MR) is 175 cm³/mol. The van der Waals surface area contributed by atoms with Crippen LogP contribution in [0.15, 0.2) is 134 Å². The lowest BCUT2D eigenvalue weighted by atomic mass is 9.92. The predicted octanol–water partition coefficient (Wildman–Crippen LogP) is 10.3. The molecule has 0 saturated carbocycles. The van der Waals surface area contributed by atoms with Gasteiger partial charge in [-0.2, -0.15) is 0 Å². The summed E-state index contributed by atoms with van der Waals surface area (Å²) < 4.78 is 2.28. The van der Waals surface area contributed by atoms with E-state index in [2.05, 4.69) is 145 Å². The molecule has 42 heavy (non-hydrogen) atoms. The molecule has 4 aromatic carbocycles. The standard InChI is InChI=1S/C38H36N4/c1-27(2)34-19-12-20-35(28(3)4)37(34)41-24-23-40-38(41)30-14-11-18-33(26-30)42(31-15-6-5-7-16-31)32-17-10-13-29(25-32)36-21-8-9-22-39-36/h5-28H,1-4H3. The Hall–Kier alpha value is -4.96. The van der Waals surface area contributed by atoms with E-state index in [1.165, 1.54) is 16.8 Å². The maximum atomic E-state index is 4.90. The van der Waals surface area contributed by atoms with Crippen LogP contribution in [0.2, 0.25) is 0 Å². The van der Waals surface area contributed by atoms with Crippen LogP contribution in [0.4, 0.5) is 17.1 Å². The fraction of sp³-hybridized carbons (Fsp3) is 0.158. The molecule has 4 nitrogen and oxygen atoms in total. The third-order valence-corrected chi connectivity index (χ3v) is 7.67. The summed E-state index contributed by atoms with van der Waals surface area (Å²) in [4.78, 5) is 11.8. The summed E-state index contributed by atoms with van der Waals surface area (Å²) >= 11 is 0.